The molecule has 0 amide bonds. The molecule has 5 nitrogen and oxygen atoms in total. The summed E-state index contributed by atoms with van der Waals surface area (Å²) in [5.41, 5.74) is 3.36. The summed E-state index contributed by atoms with van der Waals surface area (Å²) in [6.45, 7) is 9.22. The van der Waals surface area contributed by atoms with Crippen LogP contribution in [0.1, 0.15) is 5.56 Å². The van der Waals surface area contributed by atoms with Crippen LogP contribution in [0.5, 0.6) is 0 Å². The Bertz CT molecular complexity index is 604. The van der Waals surface area contributed by atoms with Gasteiger partial charge in [0.1, 0.15) is 0 Å². The van der Waals surface area contributed by atoms with Gasteiger partial charge in [-0.3, -0.25) is 4.90 Å². The first kappa shape index (κ1) is 18.0. The van der Waals surface area contributed by atoms with Crippen molar-refractivity contribution in [1.82, 2.24) is 25.8 Å². The van der Waals surface area contributed by atoms with E-state index in [1.165, 1.54) is 5.56 Å². The van der Waals surface area contributed by atoms with Crippen LogP contribution in [0.3, 0.4) is 0 Å². The van der Waals surface area contributed by atoms with Gasteiger partial charge in [0.25, 0.3) is 0 Å². The molecule has 0 aliphatic carbocycles. The minimum atomic E-state index is 0.954. The molecule has 0 radical (unpaired) electrons. The Labute approximate surface area is 150 Å². The van der Waals surface area contributed by atoms with Gasteiger partial charge in [-0.15, -0.1) is 35.4 Å². The fourth-order valence-electron chi connectivity index (χ4n) is 3.01. The molecule has 1 saturated heterocycles. The van der Waals surface area contributed by atoms with Gasteiger partial charge in [0.05, 0.1) is 0 Å². The minimum absolute atomic E-state index is 0.954. The zero-order chi connectivity index (χ0) is 17.2. The van der Waals surface area contributed by atoms with Crippen LogP contribution >= 0.6 is 0 Å². The van der Waals surface area contributed by atoms with Crippen LogP contribution in [0.4, 0.5) is 0 Å². The van der Waals surface area contributed by atoms with Crippen LogP contribution in [-0.2, 0) is 6.54 Å². The SMILES string of the molecule is [c-]1ccc(CN2CCNCCNCCNCC2)cc1-c1ccccn1. The summed E-state index contributed by atoms with van der Waals surface area (Å²) in [5, 5.41) is 10.5. The molecule has 1 fully saturated rings. The first-order valence-electron chi connectivity index (χ1n) is 9.18. The van der Waals surface area contributed by atoms with Crippen molar-refractivity contribution >= 4 is 0 Å². The lowest BCUT2D eigenvalue weighted by atomic mass is 10.1. The molecule has 1 aromatic carbocycles. The molecule has 3 N–H and O–H groups in total. The van der Waals surface area contributed by atoms with Crippen LogP contribution in [0.15, 0.2) is 42.6 Å². The zero-order valence-corrected chi connectivity index (χ0v) is 14.8. The average Bonchev–Trinajstić information content (AvgIpc) is 2.65. The predicted octanol–water partition coefficient (Wildman–Crippen LogP) is 1.13. The van der Waals surface area contributed by atoms with Crippen molar-refractivity contribution in [1.29, 1.82) is 0 Å². The Balaban J connectivity index is 1.62. The van der Waals surface area contributed by atoms with Gasteiger partial charge in [-0.1, -0.05) is 12.1 Å². The van der Waals surface area contributed by atoms with E-state index in [0.717, 1.165) is 70.2 Å². The van der Waals surface area contributed by atoms with E-state index in [4.69, 9.17) is 0 Å². The van der Waals surface area contributed by atoms with E-state index in [1.54, 1.807) is 0 Å². The highest BCUT2D eigenvalue weighted by atomic mass is 15.2. The molecule has 134 valence electrons. The van der Waals surface area contributed by atoms with E-state index in [1.807, 2.05) is 30.5 Å². The molecule has 1 aliphatic heterocycles. The Kier molecular flexibility index (Phi) is 7.39. The van der Waals surface area contributed by atoms with Gasteiger partial charge < -0.3 is 20.9 Å². The predicted molar refractivity (Wildman–Crippen MR) is 102 cm³/mol. The summed E-state index contributed by atoms with van der Waals surface area (Å²) in [6, 6.07) is 15.7. The molecule has 25 heavy (non-hydrogen) atoms. The number of pyridine rings is 1. The standard InChI is InChI=1S/C20H28N5/c1-2-7-24-20(6-1)19-5-3-4-18(16-19)17-25-14-12-22-10-8-21-9-11-23-13-15-25/h1-4,6-7,16,21-23H,8-15,17H2/q-1. The maximum Gasteiger partial charge on any atom is 0.0160 e. The third kappa shape index (κ3) is 6.21. The normalized spacial score (nSPS) is 18.2. The third-order valence-electron chi connectivity index (χ3n) is 4.38. The number of rotatable bonds is 3. The van der Waals surface area contributed by atoms with Crippen molar-refractivity contribution in [2.45, 2.75) is 6.54 Å². The molecule has 0 bridgehead atoms. The van der Waals surface area contributed by atoms with Gasteiger partial charge in [0.2, 0.25) is 0 Å². The summed E-state index contributed by atoms with van der Waals surface area (Å²) in [6.07, 6.45) is 1.83. The summed E-state index contributed by atoms with van der Waals surface area (Å²) < 4.78 is 0. The lowest BCUT2D eigenvalue weighted by molar-refractivity contribution is 0.263. The molecule has 2 aromatic rings. The van der Waals surface area contributed by atoms with Gasteiger partial charge in [-0.2, -0.15) is 0 Å². The monoisotopic (exact) mass is 338 g/mol. The maximum absolute atomic E-state index is 4.44. The smallest absolute Gasteiger partial charge is 0.0160 e. The third-order valence-corrected chi connectivity index (χ3v) is 4.38. The number of benzene rings is 1. The average molecular weight is 338 g/mol. The van der Waals surface area contributed by atoms with Gasteiger partial charge >= 0.3 is 0 Å². The molecular weight excluding hydrogens is 310 g/mol. The lowest BCUT2D eigenvalue weighted by Gasteiger charge is -2.25. The second-order valence-corrected chi connectivity index (χ2v) is 6.35. The summed E-state index contributed by atoms with van der Waals surface area (Å²) >= 11 is 0. The molecule has 5 heteroatoms. The number of hydrogen-bond acceptors (Lipinski definition) is 5. The number of hydrogen-bond donors (Lipinski definition) is 3. The highest BCUT2D eigenvalue weighted by molar-refractivity contribution is 5.58. The van der Waals surface area contributed by atoms with Gasteiger partial charge in [-0.25, -0.2) is 0 Å². The van der Waals surface area contributed by atoms with E-state index in [9.17, 15) is 0 Å². The zero-order valence-electron chi connectivity index (χ0n) is 14.8. The Morgan fingerprint density at radius 3 is 2.32 bits per heavy atom. The van der Waals surface area contributed by atoms with Crippen molar-refractivity contribution < 1.29 is 0 Å². The van der Waals surface area contributed by atoms with Gasteiger partial charge in [0.15, 0.2) is 0 Å². The number of aromatic nitrogens is 1. The van der Waals surface area contributed by atoms with Gasteiger partial charge in [0, 0.05) is 65.1 Å². The van der Waals surface area contributed by atoms with Crippen LogP contribution in [0.25, 0.3) is 11.3 Å². The van der Waals surface area contributed by atoms with Crippen molar-refractivity contribution in [2.24, 2.45) is 0 Å². The van der Waals surface area contributed by atoms with Crippen molar-refractivity contribution in [3.8, 4) is 11.3 Å². The van der Waals surface area contributed by atoms with Crippen molar-refractivity contribution in [2.75, 3.05) is 52.4 Å². The highest BCUT2D eigenvalue weighted by Gasteiger charge is 2.05. The molecule has 1 aromatic heterocycles. The Morgan fingerprint density at radius 2 is 1.64 bits per heavy atom. The minimum Gasteiger partial charge on any atom is -0.314 e. The van der Waals surface area contributed by atoms with E-state index in [-0.39, 0.29) is 0 Å². The van der Waals surface area contributed by atoms with Crippen molar-refractivity contribution in [3.63, 3.8) is 0 Å². The van der Waals surface area contributed by atoms with Crippen LogP contribution in [0.2, 0.25) is 0 Å². The van der Waals surface area contributed by atoms with E-state index < -0.39 is 0 Å². The largest absolute Gasteiger partial charge is 0.314 e. The molecule has 0 unspecified atom stereocenters. The first-order chi connectivity index (χ1) is 12.4. The Morgan fingerprint density at radius 1 is 0.920 bits per heavy atom. The van der Waals surface area contributed by atoms with Crippen LogP contribution in [-0.4, -0.2) is 62.2 Å². The molecule has 3 rings (SSSR count). The highest BCUT2D eigenvalue weighted by Crippen LogP contribution is 2.18. The number of nitrogens with one attached hydrogen (secondary N) is 3. The molecule has 0 atom stereocenters. The second-order valence-electron chi connectivity index (χ2n) is 6.35. The quantitative estimate of drug-likeness (QED) is 0.733. The van der Waals surface area contributed by atoms with Crippen molar-refractivity contribution in [3.05, 3.63) is 54.2 Å². The lowest BCUT2D eigenvalue weighted by Crippen LogP contribution is -2.41. The molecular formula is C20H28N5-. The summed E-state index contributed by atoms with van der Waals surface area (Å²) in [7, 11) is 0. The fourth-order valence-corrected chi connectivity index (χ4v) is 3.01. The summed E-state index contributed by atoms with van der Waals surface area (Å²) in [5.74, 6) is 0. The fraction of sp³-hybridized carbons (Fsp3) is 0.450. The van der Waals surface area contributed by atoms with Crippen LogP contribution < -0.4 is 16.0 Å². The molecule has 2 heterocycles. The van der Waals surface area contributed by atoms with E-state index >= 15 is 0 Å². The summed E-state index contributed by atoms with van der Waals surface area (Å²) in [4.78, 5) is 6.94. The maximum atomic E-state index is 4.44. The van der Waals surface area contributed by atoms with Crippen LogP contribution in [0, 0.1) is 6.07 Å². The Hall–Kier alpha value is -1.79. The van der Waals surface area contributed by atoms with E-state index in [0.29, 0.717) is 0 Å². The number of nitrogens with zero attached hydrogens (tertiary/aromatic N) is 2. The molecule has 0 spiro atoms. The topological polar surface area (TPSA) is 52.2 Å². The van der Waals surface area contributed by atoms with Gasteiger partial charge in [-0.05, 0) is 11.8 Å². The first-order valence-corrected chi connectivity index (χ1v) is 9.18. The molecule has 0 saturated carbocycles. The molecule has 1 aliphatic rings. The van der Waals surface area contributed by atoms with E-state index in [2.05, 4.69) is 44.0 Å². The second kappa shape index (κ2) is 10.3.